The van der Waals surface area contributed by atoms with Gasteiger partial charge in [0.1, 0.15) is 23.7 Å². The summed E-state index contributed by atoms with van der Waals surface area (Å²) in [6.07, 6.45) is 3.33. The van der Waals surface area contributed by atoms with Crippen LogP contribution in [0.2, 0.25) is 0 Å². The number of hydrogen-bond donors (Lipinski definition) is 1. The largest absolute Gasteiger partial charge is 0.494 e. The normalized spacial score (nSPS) is 10.8. The Hall–Kier alpha value is -2.69. The highest BCUT2D eigenvalue weighted by Gasteiger charge is 2.04. The molecule has 0 amide bonds. The fourth-order valence-electron chi connectivity index (χ4n) is 2.47. The SMILES string of the molecule is CCCOc1ccc(CCNc2ncnc3ccc(F)cc23)cc1. The van der Waals surface area contributed by atoms with Crippen molar-refractivity contribution in [1.82, 2.24) is 9.97 Å². The number of nitrogens with one attached hydrogen (secondary N) is 1. The van der Waals surface area contributed by atoms with Crippen molar-refractivity contribution in [2.24, 2.45) is 0 Å². The van der Waals surface area contributed by atoms with E-state index in [-0.39, 0.29) is 5.82 Å². The molecule has 0 saturated heterocycles. The molecule has 0 aliphatic carbocycles. The molecule has 124 valence electrons. The summed E-state index contributed by atoms with van der Waals surface area (Å²) in [6.45, 7) is 3.53. The van der Waals surface area contributed by atoms with Gasteiger partial charge in [-0.15, -0.1) is 0 Å². The molecule has 0 aliphatic heterocycles. The third-order valence-electron chi connectivity index (χ3n) is 3.70. The lowest BCUT2D eigenvalue weighted by Gasteiger charge is -2.09. The van der Waals surface area contributed by atoms with Crippen LogP contribution in [0.5, 0.6) is 5.75 Å². The molecular formula is C19H20FN3O. The van der Waals surface area contributed by atoms with Crippen molar-refractivity contribution in [3.8, 4) is 5.75 Å². The number of ether oxygens (including phenoxy) is 1. The quantitative estimate of drug-likeness (QED) is 0.707. The first-order valence-corrected chi connectivity index (χ1v) is 8.12. The number of rotatable bonds is 7. The summed E-state index contributed by atoms with van der Waals surface area (Å²) < 4.78 is 19.0. The second-order valence-corrected chi connectivity index (χ2v) is 5.55. The van der Waals surface area contributed by atoms with Crippen LogP contribution < -0.4 is 10.1 Å². The van der Waals surface area contributed by atoms with E-state index in [4.69, 9.17) is 4.74 Å². The van der Waals surface area contributed by atoms with Crippen molar-refractivity contribution < 1.29 is 9.13 Å². The Morgan fingerprint density at radius 2 is 1.92 bits per heavy atom. The highest BCUT2D eigenvalue weighted by atomic mass is 19.1. The molecule has 1 aromatic heterocycles. The van der Waals surface area contributed by atoms with Crippen LogP contribution in [0.15, 0.2) is 48.8 Å². The summed E-state index contributed by atoms with van der Waals surface area (Å²) in [7, 11) is 0. The van der Waals surface area contributed by atoms with Crippen LogP contribution in [0.1, 0.15) is 18.9 Å². The lowest BCUT2D eigenvalue weighted by atomic mass is 10.1. The van der Waals surface area contributed by atoms with E-state index in [0.717, 1.165) is 30.7 Å². The predicted octanol–water partition coefficient (Wildman–Crippen LogP) is 4.21. The number of fused-ring (bicyclic) bond motifs is 1. The van der Waals surface area contributed by atoms with E-state index in [1.54, 1.807) is 6.07 Å². The zero-order chi connectivity index (χ0) is 16.8. The standard InChI is InChI=1S/C19H20FN3O/c1-2-11-24-16-6-3-14(4-7-16)9-10-21-19-17-12-15(20)5-8-18(17)22-13-23-19/h3-8,12-13H,2,9-11H2,1H3,(H,21,22,23). The molecule has 0 unspecified atom stereocenters. The van der Waals surface area contributed by atoms with Gasteiger partial charge in [0.2, 0.25) is 0 Å². The first-order valence-electron chi connectivity index (χ1n) is 8.12. The van der Waals surface area contributed by atoms with E-state index in [0.29, 0.717) is 17.7 Å². The van der Waals surface area contributed by atoms with Crippen LogP contribution in [-0.2, 0) is 6.42 Å². The Morgan fingerprint density at radius 3 is 2.71 bits per heavy atom. The highest BCUT2D eigenvalue weighted by Crippen LogP contribution is 2.20. The Kier molecular flexibility index (Phi) is 5.21. The smallest absolute Gasteiger partial charge is 0.137 e. The van der Waals surface area contributed by atoms with E-state index in [1.165, 1.54) is 24.0 Å². The average Bonchev–Trinajstić information content (AvgIpc) is 2.61. The van der Waals surface area contributed by atoms with Crippen molar-refractivity contribution in [2.75, 3.05) is 18.5 Å². The monoisotopic (exact) mass is 325 g/mol. The lowest BCUT2D eigenvalue weighted by Crippen LogP contribution is -2.07. The van der Waals surface area contributed by atoms with Crippen LogP contribution in [0.4, 0.5) is 10.2 Å². The number of hydrogen-bond acceptors (Lipinski definition) is 4. The summed E-state index contributed by atoms with van der Waals surface area (Å²) in [6, 6.07) is 12.6. The van der Waals surface area contributed by atoms with Gasteiger partial charge < -0.3 is 10.1 Å². The van der Waals surface area contributed by atoms with Crippen molar-refractivity contribution in [2.45, 2.75) is 19.8 Å². The van der Waals surface area contributed by atoms with Gasteiger partial charge >= 0.3 is 0 Å². The van der Waals surface area contributed by atoms with Gasteiger partial charge in [-0.05, 0) is 48.7 Å². The fraction of sp³-hybridized carbons (Fsp3) is 0.263. The second-order valence-electron chi connectivity index (χ2n) is 5.55. The van der Waals surface area contributed by atoms with Gasteiger partial charge in [0, 0.05) is 11.9 Å². The first kappa shape index (κ1) is 16.2. The molecule has 0 aliphatic rings. The van der Waals surface area contributed by atoms with Gasteiger partial charge in [0.15, 0.2) is 0 Å². The van der Waals surface area contributed by atoms with Crippen LogP contribution >= 0.6 is 0 Å². The fourth-order valence-corrected chi connectivity index (χ4v) is 2.47. The van der Waals surface area contributed by atoms with Crippen LogP contribution in [0.3, 0.4) is 0 Å². The molecule has 3 rings (SSSR count). The van der Waals surface area contributed by atoms with Crippen LogP contribution in [0, 0.1) is 5.82 Å². The number of benzene rings is 2. The summed E-state index contributed by atoms with van der Waals surface area (Å²) >= 11 is 0. The van der Waals surface area contributed by atoms with Crippen molar-refractivity contribution in [3.63, 3.8) is 0 Å². The molecule has 4 nitrogen and oxygen atoms in total. The maximum atomic E-state index is 13.4. The molecule has 0 spiro atoms. The summed E-state index contributed by atoms with van der Waals surface area (Å²) in [5.41, 5.74) is 1.93. The van der Waals surface area contributed by atoms with Crippen LogP contribution in [-0.4, -0.2) is 23.1 Å². The third-order valence-corrected chi connectivity index (χ3v) is 3.70. The van der Waals surface area contributed by atoms with E-state index < -0.39 is 0 Å². The lowest BCUT2D eigenvalue weighted by molar-refractivity contribution is 0.317. The highest BCUT2D eigenvalue weighted by molar-refractivity contribution is 5.88. The molecule has 2 aromatic carbocycles. The zero-order valence-electron chi connectivity index (χ0n) is 13.6. The molecule has 5 heteroatoms. The molecule has 0 fully saturated rings. The number of aromatic nitrogens is 2. The van der Waals surface area contributed by atoms with Crippen molar-refractivity contribution in [3.05, 3.63) is 60.2 Å². The second kappa shape index (κ2) is 7.73. The Morgan fingerprint density at radius 1 is 1.08 bits per heavy atom. The number of anilines is 1. The van der Waals surface area contributed by atoms with E-state index in [2.05, 4.69) is 34.3 Å². The van der Waals surface area contributed by atoms with Gasteiger partial charge in [-0.25, -0.2) is 14.4 Å². The van der Waals surface area contributed by atoms with Gasteiger partial charge in [0.05, 0.1) is 12.1 Å². The third kappa shape index (κ3) is 3.98. The minimum Gasteiger partial charge on any atom is -0.494 e. The minimum absolute atomic E-state index is 0.289. The Bertz CT molecular complexity index is 805. The van der Waals surface area contributed by atoms with E-state index in [1.807, 2.05) is 12.1 Å². The summed E-state index contributed by atoms with van der Waals surface area (Å²) in [5.74, 6) is 1.26. The topological polar surface area (TPSA) is 47.0 Å². The molecule has 3 aromatic rings. The van der Waals surface area contributed by atoms with Crippen molar-refractivity contribution >= 4 is 16.7 Å². The molecule has 0 bridgehead atoms. The van der Waals surface area contributed by atoms with Gasteiger partial charge in [-0.2, -0.15) is 0 Å². The molecule has 24 heavy (non-hydrogen) atoms. The molecule has 0 saturated carbocycles. The van der Waals surface area contributed by atoms with Gasteiger partial charge in [-0.1, -0.05) is 19.1 Å². The molecular weight excluding hydrogens is 305 g/mol. The molecule has 0 atom stereocenters. The van der Waals surface area contributed by atoms with E-state index >= 15 is 0 Å². The maximum Gasteiger partial charge on any atom is 0.137 e. The predicted molar refractivity (Wildman–Crippen MR) is 93.9 cm³/mol. The average molecular weight is 325 g/mol. The Labute approximate surface area is 140 Å². The number of nitrogens with zero attached hydrogens (tertiary/aromatic N) is 2. The van der Waals surface area contributed by atoms with Gasteiger partial charge in [-0.3, -0.25) is 0 Å². The molecule has 1 heterocycles. The van der Waals surface area contributed by atoms with Crippen LogP contribution in [0.25, 0.3) is 10.9 Å². The molecule has 1 N–H and O–H groups in total. The molecule has 0 radical (unpaired) electrons. The van der Waals surface area contributed by atoms with E-state index in [9.17, 15) is 4.39 Å². The Balaban J connectivity index is 1.61. The van der Waals surface area contributed by atoms with Gasteiger partial charge in [0.25, 0.3) is 0 Å². The summed E-state index contributed by atoms with van der Waals surface area (Å²) in [5, 5.41) is 3.96. The number of halogens is 1. The van der Waals surface area contributed by atoms with Crippen molar-refractivity contribution in [1.29, 1.82) is 0 Å². The maximum absolute atomic E-state index is 13.4. The first-order chi connectivity index (χ1) is 11.8. The summed E-state index contributed by atoms with van der Waals surface area (Å²) in [4.78, 5) is 8.37. The minimum atomic E-state index is -0.289. The zero-order valence-corrected chi connectivity index (χ0v) is 13.6.